The fourth-order valence-electron chi connectivity index (χ4n) is 2.97. The third kappa shape index (κ3) is 3.19. The first-order valence-electron chi connectivity index (χ1n) is 8.22. The molecule has 0 saturated heterocycles. The topological polar surface area (TPSA) is 3.88 Å². The molecule has 0 fully saturated rings. The molecule has 23 heavy (non-hydrogen) atoms. The molecule has 116 valence electrons. The van der Waals surface area contributed by atoms with Crippen LogP contribution in [-0.4, -0.2) is 0 Å². The molecule has 0 saturated carbocycles. The lowest BCUT2D eigenvalue weighted by atomic mass is 9.96. The van der Waals surface area contributed by atoms with Crippen molar-refractivity contribution in [2.75, 3.05) is 0 Å². The van der Waals surface area contributed by atoms with Gasteiger partial charge in [-0.2, -0.15) is 0 Å². The van der Waals surface area contributed by atoms with Gasteiger partial charge in [-0.25, -0.2) is 4.57 Å². The molecule has 1 heteroatoms. The van der Waals surface area contributed by atoms with Crippen LogP contribution in [0.15, 0.2) is 66.9 Å². The van der Waals surface area contributed by atoms with Crippen molar-refractivity contribution in [3.63, 3.8) is 0 Å². The Morgan fingerprint density at radius 3 is 2.22 bits per heavy atom. The first kappa shape index (κ1) is 15.5. The molecular formula is C22H24N+. The number of pyridine rings is 1. The van der Waals surface area contributed by atoms with Crippen molar-refractivity contribution in [2.45, 2.75) is 26.7 Å². The van der Waals surface area contributed by atoms with E-state index in [-0.39, 0.29) is 0 Å². The second kappa shape index (κ2) is 6.37. The highest BCUT2D eigenvalue weighted by Gasteiger charge is 2.15. The minimum absolute atomic E-state index is 0.541. The lowest BCUT2D eigenvalue weighted by Crippen LogP contribution is -2.30. The smallest absolute Gasteiger partial charge is 0.201 e. The lowest BCUT2D eigenvalue weighted by Gasteiger charge is -2.10. The standard InChI is InChI=1S/C22H24N/c1-16(2)19-12-13-23(4)22(15-19)21-11-10-20(14-17(21)3)18-8-6-5-7-9-18/h5-16H,1-4H3/q+1. The number of hydrogen-bond donors (Lipinski definition) is 0. The Kier molecular flexibility index (Phi) is 4.29. The van der Waals surface area contributed by atoms with Crippen LogP contribution in [0.5, 0.6) is 0 Å². The number of hydrogen-bond acceptors (Lipinski definition) is 0. The fourth-order valence-corrected chi connectivity index (χ4v) is 2.97. The Labute approximate surface area is 139 Å². The molecule has 0 aliphatic rings. The minimum Gasteiger partial charge on any atom is -0.201 e. The molecule has 1 aromatic heterocycles. The maximum Gasteiger partial charge on any atom is 0.212 e. The second-order valence-electron chi connectivity index (χ2n) is 6.51. The molecule has 1 nitrogen and oxygen atoms in total. The molecule has 0 aliphatic carbocycles. The number of aromatic nitrogens is 1. The zero-order valence-electron chi connectivity index (χ0n) is 14.4. The van der Waals surface area contributed by atoms with Crippen LogP contribution in [0, 0.1) is 6.92 Å². The number of nitrogens with zero attached hydrogens (tertiary/aromatic N) is 1. The molecule has 0 N–H and O–H groups in total. The predicted octanol–water partition coefficient (Wildman–Crippen LogP) is 5.28. The number of rotatable bonds is 3. The molecule has 0 bridgehead atoms. The average Bonchev–Trinajstić information content (AvgIpc) is 2.56. The summed E-state index contributed by atoms with van der Waals surface area (Å²) in [7, 11) is 2.12. The van der Waals surface area contributed by atoms with Crippen LogP contribution >= 0.6 is 0 Å². The molecule has 0 radical (unpaired) electrons. The van der Waals surface area contributed by atoms with Gasteiger partial charge in [0, 0.05) is 17.7 Å². The first-order chi connectivity index (χ1) is 11.1. The third-order valence-electron chi connectivity index (χ3n) is 4.45. The summed E-state index contributed by atoms with van der Waals surface area (Å²) in [6, 6.07) is 21.8. The van der Waals surface area contributed by atoms with Crippen molar-refractivity contribution >= 4 is 0 Å². The Bertz CT molecular complexity index is 817. The highest BCUT2D eigenvalue weighted by molar-refractivity contribution is 5.71. The van der Waals surface area contributed by atoms with Gasteiger partial charge in [-0.15, -0.1) is 0 Å². The van der Waals surface area contributed by atoms with Gasteiger partial charge < -0.3 is 0 Å². The maximum atomic E-state index is 2.31. The lowest BCUT2D eigenvalue weighted by molar-refractivity contribution is -0.660. The van der Waals surface area contributed by atoms with Crippen molar-refractivity contribution in [1.82, 2.24) is 0 Å². The van der Waals surface area contributed by atoms with Crippen molar-refractivity contribution in [3.05, 3.63) is 78.0 Å². The number of benzene rings is 2. The fraction of sp³-hybridized carbons (Fsp3) is 0.227. The van der Waals surface area contributed by atoms with E-state index in [1.165, 1.54) is 33.5 Å². The van der Waals surface area contributed by atoms with Crippen molar-refractivity contribution in [3.8, 4) is 22.4 Å². The summed E-state index contributed by atoms with van der Waals surface area (Å²) in [5.74, 6) is 0.541. The van der Waals surface area contributed by atoms with Gasteiger partial charge >= 0.3 is 0 Å². The predicted molar refractivity (Wildman–Crippen MR) is 97.3 cm³/mol. The zero-order valence-corrected chi connectivity index (χ0v) is 14.4. The van der Waals surface area contributed by atoms with E-state index < -0.39 is 0 Å². The van der Waals surface area contributed by atoms with Crippen molar-refractivity contribution in [1.29, 1.82) is 0 Å². The van der Waals surface area contributed by atoms with Crippen LogP contribution in [0.3, 0.4) is 0 Å². The first-order valence-corrected chi connectivity index (χ1v) is 8.22. The molecule has 2 aromatic carbocycles. The largest absolute Gasteiger partial charge is 0.212 e. The highest BCUT2D eigenvalue weighted by atomic mass is 14.9. The van der Waals surface area contributed by atoms with Gasteiger partial charge in [0.05, 0.1) is 0 Å². The molecule has 3 aromatic rings. The van der Waals surface area contributed by atoms with Crippen LogP contribution < -0.4 is 4.57 Å². The summed E-state index contributed by atoms with van der Waals surface area (Å²) in [4.78, 5) is 0. The van der Waals surface area contributed by atoms with Crippen LogP contribution in [-0.2, 0) is 7.05 Å². The van der Waals surface area contributed by atoms with Crippen LogP contribution in [0.1, 0.15) is 30.9 Å². The molecule has 0 atom stereocenters. The molecule has 3 rings (SSSR count). The molecule has 1 heterocycles. The van der Waals surface area contributed by atoms with Crippen LogP contribution in [0.2, 0.25) is 0 Å². The zero-order chi connectivity index (χ0) is 16.4. The third-order valence-corrected chi connectivity index (χ3v) is 4.45. The van der Waals surface area contributed by atoms with E-state index >= 15 is 0 Å². The SMILES string of the molecule is Cc1cc(-c2ccccc2)ccc1-c1cc(C(C)C)cc[n+]1C. The maximum absolute atomic E-state index is 2.31. The summed E-state index contributed by atoms with van der Waals surface area (Å²) < 4.78 is 2.20. The van der Waals surface area contributed by atoms with Gasteiger partial charge in [0.15, 0.2) is 6.20 Å². The van der Waals surface area contributed by atoms with Crippen molar-refractivity contribution < 1.29 is 4.57 Å². The molecular weight excluding hydrogens is 278 g/mol. The van der Waals surface area contributed by atoms with E-state index in [0.717, 1.165) is 0 Å². The minimum atomic E-state index is 0.541. The van der Waals surface area contributed by atoms with Crippen molar-refractivity contribution in [2.24, 2.45) is 7.05 Å². The summed E-state index contributed by atoms with van der Waals surface area (Å²) in [5, 5.41) is 0. The summed E-state index contributed by atoms with van der Waals surface area (Å²) >= 11 is 0. The van der Waals surface area contributed by atoms with Gasteiger partial charge in [-0.3, -0.25) is 0 Å². The van der Waals surface area contributed by atoms with Gasteiger partial charge in [-0.05, 0) is 41.2 Å². The molecule has 0 spiro atoms. The van der Waals surface area contributed by atoms with E-state index in [1.54, 1.807) is 0 Å². The summed E-state index contributed by atoms with van der Waals surface area (Å²) in [6.07, 6.45) is 2.16. The normalized spacial score (nSPS) is 11.0. The average molecular weight is 302 g/mol. The van der Waals surface area contributed by atoms with E-state index in [0.29, 0.717) is 5.92 Å². The van der Waals surface area contributed by atoms with E-state index in [2.05, 4.69) is 99.2 Å². The van der Waals surface area contributed by atoms with Crippen LogP contribution in [0.4, 0.5) is 0 Å². The van der Waals surface area contributed by atoms with Gasteiger partial charge in [0.1, 0.15) is 7.05 Å². The monoisotopic (exact) mass is 302 g/mol. The molecule has 0 unspecified atom stereocenters. The quantitative estimate of drug-likeness (QED) is 0.580. The van der Waals surface area contributed by atoms with E-state index in [1.807, 2.05) is 0 Å². The van der Waals surface area contributed by atoms with Crippen LogP contribution in [0.25, 0.3) is 22.4 Å². The van der Waals surface area contributed by atoms with E-state index in [4.69, 9.17) is 0 Å². The Morgan fingerprint density at radius 2 is 1.57 bits per heavy atom. The number of aryl methyl sites for hydroxylation is 2. The Morgan fingerprint density at radius 1 is 0.826 bits per heavy atom. The Hall–Kier alpha value is -2.41. The van der Waals surface area contributed by atoms with E-state index in [9.17, 15) is 0 Å². The van der Waals surface area contributed by atoms with Gasteiger partial charge in [0.25, 0.3) is 0 Å². The van der Waals surface area contributed by atoms with Gasteiger partial charge in [0.2, 0.25) is 5.69 Å². The molecule has 0 amide bonds. The molecule has 0 aliphatic heterocycles. The summed E-state index contributed by atoms with van der Waals surface area (Å²) in [5.41, 5.74) is 7.80. The highest BCUT2D eigenvalue weighted by Crippen LogP contribution is 2.28. The summed E-state index contributed by atoms with van der Waals surface area (Å²) in [6.45, 7) is 6.68. The van der Waals surface area contributed by atoms with Gasteiger partial charge in [-0.1, -0.05) is 56.3 Å². The Balaban J connectivity index is 2.07. The second-order valence-corrected chi connectivity index (χ2v) is 6.51.